The average molecular weight is 472 g/mol. The van der Waals surface area contributed by atoms with E-state index < -0.39 is 0 Å². The fourth-order valence-electron chi connectivity index (χ4n) is 5.39. The second-order valence-corrected chi connectivity index (χ2v) is 10.9. The van der Waals surface area contributed by atoms with Gasteiger partial charge in [0.25, 0.3) is 5.56 Å². The van der Waals surface area contributed by atoms with Gasteiger partial charge in [-0.2, -0.15) is 14.6 Å². The lowest BCUT2D eigenvalue weighted by molar-refractivity contribution is 0.417. The number of oxazole rings is 1. The minimum Gasteiger partial charge on any atom is -0.430 e. The normalized spacial score (nSPS) is 19.3. The smallest absolute Gasteiger partial charge is 0.323 e. The van der Waals surface area contributed by atoms with Gasteiger partial charge in [-0.05, 0) is 62.8 Å². The van der Waals surface area contributed by atoms with Crippen LogP contribution in [0.2, 0.25) is 0 Å². The van der Waals surface area contributed by atoms with E-state index in [4.69, 9.17) is 14.4 Å². The molecule has 2 N–H and O–H groups in total. The van der Waals surface area contributed by atoms with Gasteiger partial charge in [0.15, 0.2) is 5.65 Å². The van der Waals surface area contributed by atoms with Gasteiger partial charge in [0.1, 0.15) is 11.6 Å². The van der Waals surface area contributed by atoms with E-state index in [-0.39, 0.29) is 17.0 Å². The molecule has 2 saturated carbocycles. The van der Waals surface area contributed by atoms with Crippen LogP contribution in [0.15, 0.2) is 39.9 Å². The van der Waals surface area contributed by atoms with E-state index in [2.05, 4.69) is 40.7 Å². The highest BCUT2D eigenvalue weighted by molar-refractivity contribution is 5.76. The molecule has 9 nitrogen and oxygen atoms in total. The largest absolute Gasteiger partial charge is 0.430 e. The fourth-order valence-corrected chi connectivity index (χ4v) is 5.39. The van der Waals surface area contributed by atoms with Crippen LogP contribution in [-0.2, 0) is 17.4 Å². The molecule has 1 aromatic carbocycles. The van der Waals surface area contributed by atoms with Crippen molar-refractivity contribution >= 4 is 22.7 Å². The molecule has 2 fully saturated rings. The first-order chi connectivity index (χ1) is 16.9. The molecule has 4 heterocycles. The Kier molecular flexibility index (Phi) is 4.20. The van der Waals surface area contributed by atoms with Crippen LogP contribution >= 0.6 is 0 Å². The fraction of sp³-hybridized carbons (Fsp3) is 0.462. The minimum absolute atomic E-state index is 0.0652. The van der Waals surface area contributed by atoms with Gasteiger partial charge in [0.05, 0.1) is 5.69 Å². The standard InChI is InChI=1S/C26H29N7O2/c1-15(2)32-22(34)18-12-28-23(29-17-4-5-19-16(10-17)11-27-14-26(19)8-9-26)31-21(18)33(32)24-30-20(13-35-24)25(3)6-7-25/h4-5,10,12-13,15,27H,6-9,11,14H2,1-3H3,(H,28,29,31). The Bertz CT molecular complexity index is 1540. The number of nitrogens with one attached hydrogen (secondary N) is 2. The van der Waals surface area contributed by atoms with Crippen molar-refractivity contribution in [2.75, 3.05) is 11.9 Å². The molecule has 0 unspecified atom stereocenters. The minimum atomic E-state index is -0.159. The molecule has 0 bridgehead atoms. The second kappa shape index (κ2) is 7.04. The van der Waals surface area contributed by atoms with Crippen molar-refractivity contribution in [3.8, 4) is 6.01 Å². The molecule has 2 aliphatic carbocycles. The van der Waals surface area contributed by atoms with Crippen molar-refractivity contribution in [2.24, 2.45) is 0 Å². The monoisotopic (exact) mass is 471 g/mol. The van der Waals surface area contributed by atoms with Gasteiger partial charge in [-0.25, -0.2) is 9.67 Å². The summed E-state index contributed by atoms with van der Waals surface area (Å²) in [5, 5.41) is 7.34. The summed E-state index contributed by atoms with van der Waals surface area (Å²) in [4.78, 5) is 27.2. The number of benzene rings is 1. The first-order valence-electron chi connectivity index (χ1n) is 12.4. The van der Waals surface area contributed by atoms with Gasteiger partial charge in [0, 0.05) is 41.8 Å². The second-order valence-electron chi connectivity index (χ2n) is 10.9. The van der Waals surface area contributed by atoms with Gasteiger partial charge in [0.2, 0.25) is 5.95 Å². The molecule has 0 atom stereocenters. The third-order valence-corrected chi connectivity index (χ3v) is 7.97. The maximum atomic E-state index is 13.2. The van der Waals surface area contributed by atoms with Crippen molar-refractivity contribution in [2.45, 2.75) is 69.9 Å². The molecule has 7 rings (SSSR count). The Labute approximate surface area is 202 Å². The predicted molar refractivity (Wildman–Crippen MR) is 133 cm³/mol. The molecule has 0 amide bonds. The predicted octanol–water partition coefficient (Wildman–Crippen LogP) is 4.08. The summed E-state index contributed by atoms with van der Waals surface area (Å²) in [7, 11) is 0. The molecular weight excluding hydrogens is 442 g/mol. The van der Waals surface area contributed by atoms with E-state index in [0.717, 1.165) is 37.3 Å². The van der Waals surface area contributed by atoms with Gasteiger partial charge in [-0.15, -0.1) is 0 Å². The van der Waals surface area contributed by atoms with Crippen molar-refractivity contribution in [1.82, 2.24) is 29.6 Å². The SMILES string of the molecule is CC(C)n1c(=O)c2cnc(Nc3ccc4c(c3)CNCC43CC3)nc2n1-c1nc(C2(C)CC2)co1. The number of aromatic nitrogens is 5. The zero-order valence-electron chi connectivity index (χ0n) is 20.3. The zero-order valence-corrected chi connectivity index (χ0v) is 20.3. The van der Waals surface area contributed by atoms with Gasteiger partial charge >= 0.3 is 6.01 Å². The molecule has 1 spiro atoms. The highest BCUT2D eigenvalue weighted by Crippen LogP contribution is 2.51. The van der Waals surface area contributed by atoms with E-state index in [1.165, 1.54) is 24.0 Å². The van der Waals surface area contributed by atoms with Crippen molar-refractivity contribution in [3.05, 3.63) is 57.8 Å². The summed E-state index contributed by atoms with van der Waals surface area (Å²) in [5.74, 6) is 0.429. The third-order valence-electron chi connectivity index (χ3n) is 7.97. The molecule has 1 aliphatic heterocycles. The highest BCUT2D eigenvalue weighted by atomic mass is 16.4. The highest BCUT2D eigenvalue weighted by Gasteiger charge is 2.46. The van der Waals surface area contributed by atoms with Crippen molar-refractivity contribution in [1.29, 1.82) is 0 Å². The molecule has 0 radical (unpaired) electrons. The third kappa shape index (κ3) is 3.17. The first-order valence-corrected chi connectivity index (χ1v) is 12.4. The Balaban J connectivity index is 1.30. The van der Waals surface area contributed by atoms with Crippen LogP contribution in [0, 0.1) is 0 Å². The van der Waals surface area contributed by atoms with Crippen LogP contribution in [0.5, 0.6) is 0 Å². The molecule has 3 aliphatic rings. The number of anilines is 2. The quantitative estimate of drug-likeness (QED) is 0.452. The van der Waals surface area contributed by atoms with Crippen LogP contribution in [0.1, 0.15) is 69.3 Å². The lowest BCUT2D eigenvalue weighted by Crippen LogP contribution is -2.33. The molecule has 4 aromatic rings. The van der Waals surface area contributed by atoms with Crippen LogP contribution in [0.3, 0.4) is 0 Å². The van der Waals surface area contributed by atoms with Crippen LogP contribution in [0.25, 0.3) is 17.0 Å². The summed E-state index contributed by atoms with van der Waals surface area (Å²) in [6.45, 7) is 8.04. The number of nitrogens with zero attached hydrogens (tertiary/aromatic N) is 5. The van der Waals surface area contributed by atoms with Crippen molar-refractivity contribution in [3.63, 3.8) is 0 Å². The van der Waals surface area contributed by atoms with Crippen molar-refractivity contribution < 1.29 is 4.42 Å². The molecule has 180 valence electrons. The van der Waals surface area contributed by atoms with Crippen LogP contribution in [0.4, 0.5) is 11.6 Å². The maximum absolute atomic E-state index is 13.2. The lowest BCUT2D eigenvalue weighted by atomic mass is 9.88. The molecule has 3 aromatic heterocycles. The lowest BCUT2D eigenvalue weighted by Gasteiger charge is -2.26. The van der Waals surface area contributed by atoms with E-state index in [9.17, 15) is 4.79 Å². The first kappa shape index (κ1) is 20.9. The number of fused-ring (bicyclic) bond motifs is 3. The summed E-state index contributed by atoms with van der Waals surface area (Å²) < 4.78 is 9.20. The Hall–Kier alpha value is -3.46. The Morgan fingerprint density at radius 2 is 2.00 bits per heavy atom. The maximum Gasteiger partial charge on any atom is 0.323 e. The van der Waals surface area contributed by atoms with E-state index in [0.29, 0.717) is 28.4 Å². The molecule has 9 heteroatoms. The van der Waals surface area contributed by atoms with Crippen LogP contribution < -0.4 is 16.2 Å². The summed E-state index contributed by atoms with van der Waals surface area (Å²) >= 11 is 0. The zero-order chi connectivity index (χ0) is 23.9. The molecular formula is C26H29N7O2. The summed E-state index contributed by atoms with van der Waals surface area (Å²) in [6, 6.07) is 6.76. The Morgan fingerprint density at radius 1 is 1.17 bits per heavy atom. The van der Waals surface area contributed by atoms with E-state index in [1.807, 2.05) is 13.8 Å². The van der Waals surface area contributed by atoms with E-state index in [1.54, 1.807) is 21.8 Å². The number of rotatable bonds is 5. The van der Waals surface area contributed by atoms with Gasteiger partial charge in [-0.3, -0.25) is 4.79 Å². The number of hydrogen-bond acceptors (Lipinski definition) is 7. The summed E-state index contributed by atoms with van der Waals surface area (Å²) in [5.41, 5.74) is 5.36. The summed E-state index contributed by atoms with van der Waals surface area (Å²) in [6.07, 6.45) is 7.99. The molecule has 0 saturated heterocycles. The van der Waals surface area contributed by atoms with E-state index >= 15 is 0 Å². The molecule has 35 heavy (non-hydrogen) atoms. The Morgan fingerprint density at radius 3 is 2.74 bits per heavy atom. The average Bonchev–Trinajstić information content (AvgIpc) is 3.69. The van der Waals surface area contributed by atoms with Gasteiger partial charge in [-0.1, -0.05) is 13.0 Å². The topological polar surface area (TPSA) is 103 Å². The number of hydrogen-bond donors (Lipinski definition) is 2. The van der Waals surface area contributed by atoms with Crippen LogP contribution in [-0.4, -0.2) is 30.9 Å². The van der Waals surface area contributed by atoms with Gasteiger partial charge < -0.3 is 15.1 Å².